The van der Waals surface area contributed by atoms with E-state index in [9.17, 15) is 0 Å². The molecule has 3 unspecified atom stereocenters. The van der Waals surface area contributed by atoms with E-state index in [0.717, 1.165) is 26.4 Å². The van der Waals surface area contributed by atoms with Gasteiger partial charge in [0.15, 0.2) is 0 Å². The van der Waals surface area contributed by atoms with E-state index >= 15 is 0 Å². The minimum absolute atomic E-state index is 0.0763. The largest absolute Gasteiger partial charge is 0.381 e. The molecule has 1 N–H and O–H groups in total. The summed E-state index contributed by atoms with van der Waals surface area (Å²) in [6.07, 6.45) is 4.80. The fraction of sp³-hybridized carbons (Fsp3) is 1.00. The van der Waals surface area contributed by atoms with Gasteiger partial charge in [-0.25, -0.2) is 0 Å². The third-order valence-electron chi connectivity index (χ3n) is 4.01. The first-order valence-corrected chi connectivity index (χ1v) is 6.68. The van der Waals surface area contributed by atoms with Crippen molar-refractivity contribution < 1.29 is 9.47 Å². The zero-order valence-electron chi connectivity index (χ0n) is 10.6. The van der Waals surface area contributed by atoms with E-state index in [1.807, 2.05) is 0 Å². The number of hydrogen-bond acceptors (Lipinski definition) is 3. The summed E-state index contributed by atoms with van der Waals surface area (Å²) in [6, 6.07) is 0.600. The maximum Gasteiger partial charge on any atom is 0.0779 e. The van der Waals surface area contributed by atoms with Crippen molar-refractivity contribution in [3.8, 4) is 0 Å². The van der Waals surface area contributed by atoms with Gasteiger partial charge in [0.05, 0.1) is 12.2 Å². The lowest BCUT2D eigenvalue weighted by molar-refractivity contribution is 0.0167. The molecule has 3 atom stereocenters. The van der Waals surface area contributed by atoms with Crippen LogP contribution in [0, 0.1) is 5.92 Å². The molecule has 0 aromatic rings. The predicted molar refractivity (Wildman–Crippen MR) is 64.6 cm³/mol. The third kappa shape index (κ3) is 2.96. The molecule has 0 saturated carbocycles. The van der Waals surface area contributed by atoms with Crippen molar-refractivity contribution in [2.24, 2.45) is 5.92 Å². The number of nitrogens with one attached hydrogen (secondary N) is 1. The highest BCUT2D eigenvalue weighted by atomic mass is 16.5. The van der Waals surface area contributed by atoms with E-state index in [1.165, 1.54) is 25.7 Å². The summed E-state index contributed by atoms with van der Waals surface area (Å²) in [4.78, 5) is 0. The molecule has 94 valence electrons. The third-order valence-corrected chi connectivity index (χ3v) is 4.01. The van der Waals surface area contributed by atoms with Crippen LogP contribution in [0.3, 0.4) is 0 Å². The smallest absolute Gasteiger partial charge is 0.0779 e. The van der Waals surface area contributed by atoms with Gasteiger partial charge in [0.1, 0.15) is 0 Å². The standard InChI is InChI=1S/C13H25NO2/c1-3-12(11-5-8-15-9-11)14-10-13(2)6-4-7-16-13/h11-12,14H,3-10H2,1-2H3. The summed E-state index contributed by atoms with van der Waals surface area (Å²) in [5, 5.41) is 3.69. The summed E-state index contributed by atoms with van der Waals surface area (Å²) < 4.78 is 11.3. The molecule has 0 bridgehead atoms. The van der Waals surface area contributed by atoms with Gasteiger partial charge >= 0.3 is 0 Å². The Bertz CT molecular complexity index is 208. The number of ether oxygens (including phenoxy) is 2. The van der Waals surface area contributed by atoms with Crippen LogP contribution in [0.15, 0.2) is 0 Å². The Morgan fingerprint density at radius 1 is 1.44 bits per heavy atom. The molecule has 3 heteroatoms. The molecule has 0 spiro atoms. The van der Waals surface area contributed by atoms with Crippen LogP contribution in [0.5, 0.6) is 0 Å². The van der Waals surface area contributed by atoms with E-state index in [-0.39, 0.29) is 5.60 Å². The lowest BCUT2D eigenvalue weighted by Crippen LogP contribution is -2.45. The minimum Gasteiger partial charge on any atom is -0.381 e. The van der Waals surface area contributed by atoms with E-state index in [2.05, 4.69) is 19.2 Å². The lowest BCUT2D eigenvalue weighted by Gasteiger charge is -2.29. The molecule has 2 aliphatic rings. The van der Waals surface area contributed by atoms with Gasteiger partial charge in [0, 0.05) is 25.8 Å². The van der Waals surface area contributed by atoms with Crippen LogP contribution in [0.25, 0.3) is 0 Å². The SMILES string of the molecule is CCC(NCC1(C)CCCO1)C1CCOC1. The van der Waals surface area contributed by atoms with Gasteiger partial charge in [-0.15, -0.1) is 0 Å². The van der Waals surface area contributed by atoms with Crippen LogP contribution in [0.1, 0.15) is 39.5 Å². The van der Waals surface area contributed by atoms with E-state index < -0.39 is 0 Å². The number of rotatable bonds is 5. The maximum absolute atomic E-state index is 5.80. The van der Waals surface area contributed by atoms with Crippen LogP contribution < -0.4 is 5.32 Å². The van der Waals surface area contributed by atoms with Crippen LogP contribution in [0.2, 0.25) is 0 Å². The van der Waals surface area contributed by atoms with Crippen molar-refractivity contribution in [1.29, 1.82) is 0 Å². The molecule has 2 saturated heterocycles. The Balaban J connectivity index is 1.77. The lowest BCUT2D eigenvalue weighted by atomic mass is 9.95. The highest BCUT2D eigenvalue weighted by molar-refractivity contribution is 4.86. The van der Waals surface area contributed by atoms with E-state index in [4.69, 9.17) is 9.47 Å². The van der Waals surface area contributed by atoms with Gasteiger partial charge in [0.25, 0.3) is 0 Å². The first kappa shape index (κ1) is 12.3. The van der Waals surface area contributed by atoms with Crippen LogP contribution >= 0.6 is 0 Å². The summed E-state index contributed by atoms with van der Waals surface area (Å²) in [6.45, 7) is 8.28. The quantitative estimate of drug-likeness (QED) is 0.779. The first-order chi connectivity index (χ1) is 7.73. The van der Waals surface area contributed by atoms with Crippen molar-refractivity contribution in [3.05, 3.63) is 0 Å². The molecule has 2 rings (SSSR count). The van der Waals surface area contributed by atoms with Crippen molar-refractivity contribution in [2.75, 3.05) is 26.4 Å². The molecule has 0 amide bonds. The van der Waals surface area contributed by atoms with Crippen molar-refractivity contribution in [2.45, 2.75) is 51.2 Å². The summed E-state index contributed by atoms with van der Waals surface area (Å²) >= 11 is 0. The Morgan fingerprint density at radius 3 is 2.88 bits per heavy atom. The van der Waals surface area contributed by atoms with E-state index in [0.29, 0.717) is 12.0 Å². The Hall–Kier alpha value is -0.120. The second-order valence-corrected chi connectivity index (χ2v) is 5.42. The first-order valence-electron chi connectivity index (χ1n) is 6.68. The second kappa shape index (κ2) is 5.48. The summed E-state index contributed by atoms with van der Waals surface area (Å²) in [5.41, 5.74) is 0.0763. The van der Waals surface area contributed by atoms with Gasteiger partial charge in [-0.2, -0.15) is 0 Å². The molecule has 2 heterocycles. The molecule has 2 aliphatic heterocycles. The molecular weight excluding hydrogens is 202 g/mol. The average Bonchev–Trinajstić information content (AvgIpc) is 2.91. The maximum atomic E-state index is 5.80. The molecule has 2 fully saturated rings. The van der Waals surface area contributed by atoms with Crippen molar-refractivity contribution in [1.82, 2.24) is 5.32 Å². The molecule has 0 aromatic carbocycles. The Labute approximate surface area is 98.9 Å². The second-order valence-electron chi connectivity index (χ2n) is 5.42. The monoisotopic (exact) mass is 227 g/mol. The fourth-order valence-electron chi connectivity index (χ4n) is 2.84. The molecule has 16 heavy (non-hydrogen) atoms. The molecule has 0 aliphatic carbocycles. The zero-order valence-corrected chi connectivity index (χ0v) is 10.6. The van der Waals surface area contributed by atoms with Gasteiger partial charge in [-0.3, -0.25) is 0 Å². The summed E-state index contributed by atoms with van der Waals surface area (Å²) in [5.74, 6) is 0.704. The van der Waals surface area contributed by atoms with Gasteiger partial charge in [-0.1, -0.05) is 6.92 Å². The molecule has 0 aromatic heterocycles. The van der Waals surface area contributed by atoms with Crippen molar-refractivity contribution >= 4 is 0 Å². The number of hydrogen-bond donors (Lipinski definition) is 1. The van der Waals surface area contributed by atoms with Crippen LogP contribution in [-0.4, -0.2) is 38.0 Å². The highest BCUT2D eigenvalue weighted by Crippen LogP contribution is 2.25. The Morgan fingerprint density at radius 2 is 2.31 bits per heavy atom. The van der Waals surface area contributed by atoms with E-state index in [1.54, 1.807) is 0 Å². The molecule has 3 nitrogen and oxygen atoms in total. The molecule has 0 radical (unpaired) electrons. The van der Waals surface area contributed by atoms with Crippen LogP contribution in [0.4, 0.5) is 0 Å². The average molecular weight is 227 g/mol. The molecular formula is C13H25NO2. The zero-order chi connectivity index (χ0) is 11.4. The highest BCUT2D eigenvalue weighted by Gasteiger charge is 2.32. The minimum atomic E-state index is 0.0763. The fourth-order valence-corrected chi connectivity index (χ4v) is 2.84. The normalized spacial score (nSPS) is 36.8. The Kier molecular flexibility index (Phi) is 4.22. The summed E-state index contributed by atoms with van der Waals surface area (Å²) in [7, 11) is 0. The van der Waals surface area contributed by atoms with Gasteiger partial charge in [0.2, 0.25) is 0 Å². The van der Waals surface area contributed by atoms with Gasteiger partial charge in [-0.05, 0) is 38.5 Å². The topological polar surface area (TPSA) is 30.5 Å². The predicted octanol–water partition coefficient (Wildman–Crippen LogP) is 1.96. The van der Waals surface area contributed by atoms with Crippen LogP contribution in [-0.2, 0) is 9.47 Å². The van der Waals surface area contributed by atoms with Gasteiger partial charge < -0.3 is 14.8 Å². The van der Waals surface area contributed by atoms with Crippen molar-refractivity contribution in [3.63, 3.8) is 0 Å².